The van der Waals surface area contributed by atoms with Crippen LogP contribution in [-0.2, 0) is 12.7 Å². The van der Waals surface area contributed by atoms with E-state index in [4.69, 9.17) is 11.6 Å². The molecule has 4 amide bonds. The van der Waals surface area contributed by atoms with E-state index in [9.17, 15) is 22.8 Å². The number of hydrogen-bond donors (Lipinski definition) is 2. The maximum atomic E-state index is 13.0. The number of nitrogens with zero attached hydrogens (tertiary/aromatic N) is 3. The van der Waals surface area contributed by atoms with Crippen molar-refractivity contribution in [3.05, 3.63) is 58.9 Å². The lowest BCUT2D eigenvalue weighted by molar-refractivity contribution is -0.137. The summed E-state index contributed by atoms with van der Waals surface area (Å²) >= 11 is 5.84. The average Bonchev–Trinajstić information content (AvgIpc) is 2.65. The van der Waals surface area contributed by atoms with Gasteiger partial charge in [0.1, 0.15) is 0 Å². The van der Waals surface area contributed by atoms with Gasteiger partial charge in [0, 0.05) is 17.9 Å². The average molecular weight is 442 g/mol. The largest absolute Gasteiger partial charge is 0.416 e. The molecule has 11 heteroatoms. The summed E-state index contributed by atoms with van der Waals surface area (Å²) in [4.78, 5) is 31.9. The zero-order valence-electron chi connectivity index (χ0n) is 16.1. The molecule has 0 aliphatic carbocycles. The van der Waals surface area contributed by atoms with Crippen LogP contribution >= 0.6 is 11.6 Å². The third-order valence-electron chi connectivity index (χ3n) is 4.37. The van der Waals surface area contributed by atoms with E-state index in [0.717, 1.165) is 17.0 Å². The van der Waals surface area contributed by atoms with Crippen LogP contribution in [0.4, 0.5) is 28.4 Å². The molecule has 0 bridgehead atoms. The molecule has 1 aliphatic rings. The highest BCUT2D eigenvalue weighted by Crippen LogP contribution is 2.31. The SMILES string of the molecule is CC(C)N1C(=O)NC(Nc2cccc(C(F)(F)F)c2)N(Cc2ccc(Cl)cn2)C1=O. The molecule has 0 spiro atoms. The Hall–Kier alpha value is -3.01. The number of benzene rings is 1. The van der Waals surface area contributed by atoms with Gasteiger partial charge in [-0.15, -0.1) is 0 Å². The molecule has 1 aromatic carbocycles. The van der Waals surface area contributed by atoms with Crippen molar-refractivity contribution in [2.75, 3.05) is 5.32 Å². The summed E-state index contributed by atoms with van der Waals surface area (Å²) in [5, 5.41) is 5.82. The van der Waals surface area contributed by atoms with Gasteiger partial charge in [0.25, 0.3) is 0 Å². The van der Waals surface area contributed by atoms with Crippen molar-refractivity contribution < 1.29 is 22.8 Å². The van der Waals surface area contributed by atoms with E-state index in [1.165, 1.54) is 23.2 Å². The van der Waals surface area contributed by atoms with E-state index in [-0.39, 0.29) is 12.2 Å². The highest BCUT2D eigenvalue weighted by Gasteiger charge is 2.40. The van der Waals surface area contributed by atoms with Crippen molar-refractivity contribution in [3.63, 3.8) is 0 Å². The van der Waals surface area contributed by atoms with Gasteiger partial charge in [0.05, 0.1) is 22.8 Å². The number of carbonyl (C=O) groups is 2. The summed E-state index contributed by atoms with van der Waals surface area (Å²) in [5.74, 6) is 0. The van der Waals surface area contributed by atoms with Gasteiger partial charge in [-0.3, -0.25) is 15.2 Å². The molecule has 1 fully saturated rings. The second-order valence-electron chi connectivity index (χ2n) is 6.92. The number of aromatic nitrogens is 1. The van der Waals surface area contributed by atoms with E-state index in [2.05, 4.69) is 15.6 Å². The Morgan fingerprint density at radius 1 is 1.23 bits per heavy atom. The van der Waals surface area contributed by atoms with Crippen LogP contribution in [0.25, 0.3) is 0 Å². The zero-order chi connectivity index (χ0) is 22.1. The zero-order valence-corrected chi connectivity index (χ0v) is 16.8. The van der Waals surface area contributed by atoms with Crippen LogP contribution in [0.15, 0.2) is 42.6 Å². The highest BCUT2D eigenvalue weighted by atomic mass is 35.5. The summed E-state index contributed by atoms with van der Waals surface area (Å²) in [5.41, 5.74) is -0.269. The topological polar surface area (TPSA) is 77.6 Å². The van der Waals surface area contributed by atoms with Crippen LogP contribution in [0.2, 0.25) is 5.02 Å². The van der Waals surface area contributed by atoms with Crippen LogP contribution in [0, 0.1) is 0 Å². The maximum absolute atomic E-state index is 13.0. The number of anilines is 1. The fourth-order valence-electron chi connectivity index (χ4n) is 2.95. The summed E-state index contributed by atoms with van der Waals surface area (Å²) < 4.78 is 39.1. The third-order valence-corrected chi connectivity index (χ3v) is 4.60. The van der Waals surface area contributed by atoms with Gasteiger partial charge in [-0.05, 0) is 44.2 Å². The highest BCUT2D eigenvalue weighted by molar-refractivity contribution is 6.30. The monoisotopic (exact) mass is 441 g/mol. The molecule has 2 heterocycles. The number of alkyl halides is 3. The Labute approximate surface area is 175 Å². The first-order valence-electron chi connectivity index (χ1n) is 9.01. The van der Waals surface area contributed by atoms with E-state index >= 15 is 0 Å². The van der Waals surface area contributed by atoms with Gasteiger partial charge < -0.3 is 5.32 Å². The number of nitrogens with one attached hydrogen (secondary N) is 2. The molecule has 1 aromatic heterocycles. The lowest BCUT2D eigenvalue weighted by atomic mass is 10.2. The Balaban J connectivity index is 1.90. The number of rotatable bonds is 5. The molecule has 30 heavy (non-hydrogen) atoms. The van der Waals surface area contributed by atoms with Gasteiger partial charge >= 0.3 is 18.2 Å². The molecule has 0 radical (unpaired) electrons. The van der Waals surface area contributed by atoms with Crippen LogP contribution in [0.3, 0.4) is 0 Å². The standard InChI is InChI=1S/C19H19ClF3N5O2/c1-11(2)28-17(29)26-16(25-14-5-3-4-12(8-14)19(21,22)23)27(18(28)30)10-15-7-6-13(20)9-24-15/h3-9,11,16,25H,10H2,1-2H3,(H,26,29). The summed E-state index contributed by atoms with van der Waals surface area (Å²) in [6.45, 7) is 3.35. The number of amides is 4. The quantitative estimate of drug-likeness (QED) is 0.716. The Morgan fingerprint density at radius 3 is 2.57 bits per heavy atom. The fourth-order valence-corrected chi connectivity index (χ4v) is 3.06. The Bertz CT molecular complexity index is 937. The van der Waals surface area contributed by atoms with Crippen molar-refractivity contribution in [2.45, 2.75) is 38.9 Å². The van der Waals surface area contributed by atoms with E-state index in [0.29, 0.717) is 10.7 Å². The normalized spacial score (nSPS) is 17.4. The minimum atomic E-state index is -4.52. The van der Waals surface area contributed by atoms with E-state index in [1.807, 2.05) is 0 Å². The summed E-state index contributed by atoms with van der Waals surface area (Å²) in [6, 6.07) is 6.04. The van der Waals surface area contributed by atoms with Crippen molar-refractivity contribution in [1.82, 2.24) is 20.1 Å². The van der Waals surface area contributed by atoms with Gasteiger partial charge in [-0.25, -0.2) is 14.5 Å². The Morgan fingerprint density at radius 2 is 1.97 bits per heavy atom. The number of hydrogen-bond acceptors (Lipinski definition) is 4. The molecule has 0 saturated carbocycles. The molecule has 2 aromatic rings. The van der Waals surface area contributed by atoms with Gasteiger partial charge in [-0.1, -0.05) is 17.7 Å². The van der Waals surface area contributed by atoms with Crippen molar-refractivity contribution in [1.29, 1.82) is 0 Å². The van der Waals surface area contributed by atoms with Gasteiger partial charge in [0.2, 0.25) is 0 Å². The first kappa shape index (κ1) is 21.7. The molecule has 3 rings (SSSR count). The Kier molecular flexibility index (Phi) is 6.06. The fraction of sp³-hybridized carbons (Fsp3) is 0.316. The van der Waals surface area contributed by atoms with Gasteiger partial charge in [0.15, 0.2) is 6.29 Å². The molecular formula is C19H19ClF3N5O2. The number of urea groups is 2. The number of carbonyl (C=O) groups excluding carboxylic acids is 2. The van der Waals surface area contributed by atoms with Crippen LogP contribution in [0.5, 0.6) is 0 Å². The molecule has 7 nitrogen and oxygen atoms in total. The second kappa shape index (κ2) is 8.39. The van der Waals surface area contributed by atoms with Crippen molar-refractivity contribution >= 4 is 29.4 Å². The number of pyridine rings is 1. The van der Waals surface area contributed by atoms with Crippen LogP contribution < -0.4 is 10.6 Å². The molecule has 2 N–H and O–H groups in total. The molecular weight excluding hydrogens is 423 g/mol. The molecule has 1 aliphatic heterocycles. The number of imide groups is 1. The second-order valence-corrected chi connectivity index (χ2v) is 7.35. The molecule has 1 saturated heterocycles. The lowest BCUT2D eigenvalue weighted by Crippen LogP contribution is -2.68. The predicted octanol–water partition coefficient (Wildman–Crippen LogP) is 4.51. The third kappa shape index (κ3) is 4.76. The number of halogens is 4. The molecule has 1 atom stereocenters. The van der Waals surface area contributed by atoms with E-state index < -0.39 is 36.1 Å². The van der Waals surface area contributed by atoms with E-state index in [1.54, 1.807) is 26.0 Å². The molecule has 160 valence electrons. The smallest absolute Gasteiger partial charge is 0.348 e. The summed E-state index contributed by atoms with van der Waals surface area (Å²) in [7, 11) is 0. The first-order valence-corrected chi connectivity index (χ1v) is 9.38. The van der Waals surface area contributed by atoms with Crippen molar-refractivity contribution in [3.8, 4) is 0 Å². The minimum absolute atomic E-state index is 0.00384. The predicted molar refractivity (Wildman–Crippen MR) is 105 cm³/mol. The minimum Gasteiger partial charge on any atom is -0.348 e. The first-order chi connectivity index (χ1) is 14.1. The maximum Gasteiger partial charge on any atom is 0.416 e. The lowest BCUT2D eigenvalue weighted by Gasteiger charge is -2.42. The van der Waals surface area contributed by atoms with Crippen molar-refractivity contribution in [2.24, 2.45) is 0 Å². The van der Waals surface area contributed by atoms with Gasteiger partial charge in [-0.2, -0.15) is 13.2 Å². The van der Waals surface area contributed by atoms with Crippen LogP contribution in [0.1, 0.15) is 25.1 Å². The van der Waals surface area contributed by atoms with Crippen LogP contribution in [-0.4, -0.2) is 39.2 Å². The summed E-state index contributed by atoms with van der Waals surface area (Å²) in [6.07, 6.45) is -4.19. The molecule has 1 unspecified atom stereocenters.